The fourth-order valence-corrected chi connectivity index (χ4v) is 7.82. The second kappa shape index (κ2) is 18.2. The maximum absolute atomic E-state index is 14.0. The molecule has 12 nitrogen and oxygen atoms in total. The summed E-state index contributed by atoms with van der Waals surface area (Å²) >= 11 is 0. The lowest BCUT2D eigenvalue weighted by Crippen LogP contribution is -2.59. The van der Waals surface area contributed by atoms with Gasteiger partial charge < -0.3 is 53.4 Å². The van der Waals surface area contributed by atoms with Crippen molar-refractivity contribution in [3.05, 3.63) is 0 Å². The molecule has 3 aliphatic heterocycles. The Balaban J connectivity index is 2.05. The summed E-state index contributed by atoms with van der Waals surface area (Å²) in [5.41, 5.74) is -2.01. The van der Waals surface area contributed by atoms with Crippen LogP contribution in [0.3, 0.4) is 0 Å². The molecule has 0 radical (unpaired) electrons. The molecule has 15 atom stereocenters. The third-order valence-electron chi connectivity index (χ3n) is 10.9. The highest BCUT2D eigenvalue weighted by Crippen LogP contribution is 2.39. The molecule has 0 bridgehead atoms. The number of esters is 1. The number of hydrogen-bond acceptors (Lipinski definition) is 12. The third kappa shape index (κ3) is 11.3. The molecule has 0 aromatic rings. The van der Waals surface area contributed by atoms with Crippen molar-refractivity contribution in [2.45, 2.75) is 186 Å². The van der Waals surface area contributed by atoms with Gasteiger partial charge in [-0.3, -0.25) is 4.79 Å². The molecule has 0 spiro atoms. The molecular formula is C37H69NO11. The van der Waals surface area contributed by atoms with Gasteiger partial charge in [-0.15, -0.1) is 0 Å². The Kier molecular flexibility index (Phi) is 15.8. The van der Waals surface area contributed by atoms with Crippen molar-refractivity contribution in [3.8, 4) is 0 Å². The molecular weight excluding hydrogens is 634 g/mol. The second-order valence-electron chi connectivity index (χ2n) is 16.0. The number of nitrogens with zero attached hydrogens (tertiary/aromatic N) is 1. The standard InChI is InChI=1S/C37H69NO11/c1-13-29-36(9,42)16-17-38(11)20-22(4)18-28(40)32(49-35-27(39)15-14-23(5)45-35)24(6)31(25(7)34(41)47-29)48-30-19-37(10,43-12)33(26(8)46-30)44-21(2)3/h21-33,35,39-40,42H,13-20H2,1-12H3. The number of methoxy groups -OCH3 is 1. The first kappa shape index (κ1) is 42.5. The van der Waals surface area contributed by atoms with E-state index in [1.165, 1.54) is 0 Å². The fourth-order valence-electron chi connectivity index (χ4n) is 7.82. The number of cyclic esters (lactones) is 1. The van der Waals surface area contributed by atoms with Gasteiger partial charge in [-0.25, -0.2) is 0 Å². The number of ether oxygens (including phenoxy) is 7. The second-order valence-corrected chi connectivity index (χ2v) is 16.0. The Morgan fingerprint density at radius 2 is 1.67 bits per heavy atom. The van der Waals surface area contributed by atoms with Crippen LogP contribution in [0.2, 0.25) is 0 Å². The summed E-state index contributed by atoms with van der Waals surface area (Å²) in [5.74, 6) is -1.92. The maximum atomic E-state index is 14.0. The zero-order valence-corrected chi connectivity index (χ0v) is 32.3. The van der Waals surface area contributed by atoms with Gasteiger partial charge in [0.2, 0.25) is 0 Å². The molecule has 0 aromatic carbocycles. The molecule has 3 fully saturated rings. The predicted octanol–water partition coefficient (Wildman–Crippen LogP) is 4.04. The van der Waals surface area contributed by atoms with Gasteiger partial charge in [-0.2, -0.15) is 0 Å². The van der Waals surface area contributed by atoms with Crippen LogP contribution in [-0.4, -0.2) is 132 Å². The zero-order chi connectivity index (χ0) is 36.8. The number of carbonyl (C=O) groups is 1. The Bertz CT molecular complexity index is 1010. The molecule has 3 saturated heterocycles. The van der Waals surface area contributed by atoms with Crippen molar-refractivity contribution < 1.29 is 53.3 Å². The van der Waals surface area contributed by atoms with Crippen LogP contribution < -0.4 is 0 Å². The number of aliphatic hydroxyl groups is 3. The molecule has 12 heteroatoms. The Morgan fingerprint density at radius 1 is 1.00 bits per heavy atom. The summed E-state index contributed by atoms with van der Waals surface area (Å²) < 4.78 is 44.1. The summed E-state index contributed by atoms with van der Waals surface area (Å²) in [6, 6.07) is 0. The minimum Gasteiger partial charge on any atom is -0.459 e. The fraction of sp³-hybridized carbons (Fsp3) is 0.973. The van der Waals surface area contributed by atoms with Gasteiger partial charge in [0.15, 0.2) is 12.6 Å². The average Bonchev–Trinajstić information content (AvgIpc) is 3.02. The van der Waals surface area contributed by atoms with E-state index in [0.717, 1.165) is 0 Å². The van der Waals surface area contributed by atoms with E-state index in [9.17, 15) is 20.1 Å². The van der Waals surface area contributed by atoms with E-state index < -0.39 is 78.2 Å². The van der Waals surface area contributed by atoms with Gasteiger partial charge in [0.1, 0.15) is 18.3 Å². The Hall–Kier alpha value is -0.930. The number of aliphatic hydroxyl groups excluding tert-OH is 2. The highest BCUT2D eigenvalue weighted by molar-refractivity contribution is 5.73. The summed E-state index contributed by atoms with van der Waals surface area (Å²) in [5, 5.41) is 34.3. The highest BCUT2D eigenvalue weighted by atomic mass is 16.7. The molecule has 3 N–H and O–H groups in total. The summed E-state index contributed by atoms with van der Waals surface area (Å²) in [6.45, 7) is 20.3. The van der Waals surface area contributed by atoms with Gasteiger partial charge in [0.25, 0.3) is 0 Å². The van der Waals surface area contributed by atoms with E-state index in [0.29, 0.717) is 51.6 Å². The van der Waals surface area contributed by atoms with Crippen LogP contribution >= 0.6 is 0 Å². The van der Waals surface area contributed by atoms with Gasteiger partial charge in [0, 0.05) is 32.5 Å². The van der Waals surface area contributed by atoms with Crippen LogP contribution in [0.5, 0.6) is 0 Å². The van der Waals surface area contributed by atoms with Gasteiger partial charge in [-0.05, 0) is 93.5 Å². The van der Waals surface area contributed by atoms with E-state index in [-0.39, 0.29) is 24.2 Å². The van der Waals surface area contributed by atoms with Crippen LogP contribution in [-0.2, 0) is 38.0 Å². The summed E-state index contributed by atoms with van der Waals surface area (Å²) in [7, 11) is 3.63. The maximum Gasteiger partial charge on any atom is 0.311 e. The zero-order valence-electron chi connectivity index (χ0n) is 32.3. The topological polar surface area (TPSA) is 146 Å². The van der Waals surface area contributed by atoms with E-state index in [1.807, 2.05) is 55.5 Å². The monoisotopic (exact) mass is 703 g/mol. The largest absolute Gasteiger partial charge is 0.459 e. The van der Waals surface area contributed by atoms with Crippen molar-refractivity contribution in [3.63, 3.8) is 0 Å². The van der Waals surface area contributed by atoms with Crippen molar-refractivity contribution in [2.75, 3.05) is 27.2 Å². The first-order chi connectivity index (χ1) is 22.8. The van der Waals surface area contributed by atoms with Crippen LogP contribution in [0, 0.1) is 17.8 Å². The molecule has 3 heterocycles. The highest BCUT2D eigenvalue weighted by Gasteiger charge is 2.50. The van der Waals surface area contributed by atoms with E-state index in [2.05, 4.69) is 11.8 Å². The minimum atomic E-state index is -1.26. The minimum absolute atomic E-state index is 0.0491. The number of hydrogen-bond donors (Lipinski definition) is 3. The van der Waals surface area contributed by atoms with Gasteiger partial charge >= 0.3 is 5.97 Å². The first-order valence-corrected chi connectivity index (χ1v) is 18.6. The molecule has 15 unspecified atom stereocenters. The molecule has 49 heavy (non-hydrogen) atoms. The molecule has 288 valence electrons. The smallest absolute Gasteiger partial charge is 0.311 e. The SMILES string of the molecule is CCC1OC(=O)C(C)C(OC2CC(C)(OC)C(OC(C)C)C(C)O2)C(C)C(OC2OC(C)CCC2O)C(O)CC(C)CN(C)CCC1(C)O. The Labute approximate surface area is 295 Å². The lowest BCUT2D eigenvalue weighted by atomic mass is 9.83. The lowest BCUT2D eigenvalue weighted by molar-refractivity contribution is -0.316. The number of carbonyl (C=O) groups excluding carboxylic acids is 1. The molecule has 0 aromatic heterocycles. The Morgan fingerprint density at radius 3 is 2.29 bits per heavy atom. The van der Waals surface area contributed by atoms with E-state index >= 15 is 0 Å². The van der Waals surface area contributed by atoms with Gasteiger partial charge in [-0.1, -0.05) is 20.8 Å². The third-order valence-corrected chi connectivity index (χ3v) is 10.9. The lowest BCUT2D eigenvalue weighted by Gasteiger charge is -2.48. The van der Waals surface area contributed by atoms with Crippen LogP contribution in [0.4, 0.5) is 0 Å². The molecule has 3 rings (SSSR count). The van der Waals surface area contributed by atoms with Crippen molar-refractivity contribution in [1.82, 2.24) is 4.90 Å². The normalized spacial score (nSPS) is 45.8. The average molecular weight is 704 g/mol. The van der Waals surface area contributed by atoms with Crippen LogP contribution in [0.15, 0.2) is 0 Å². The van der Waals surface area contributed by atoms with Gasteiger partial charge in [0.05, 0.1) is 53.7 Å². The van der Waals surface area contributed by atoms with Crippen LogP contribution in [0.1, 0.15) is 108 Å². The first-order valence-electron chi connectivity index (χ1n) is 18.6. The van der Waals surface area contributed by atoms with E-state index in [1.54, 1.807) is 21.0 Å². The van der Waals surface area contributed by atoms with Crippen molar-refractivity contribution in [2.24, 2.45) is 17.8 Å². The van der Waals surface area contributed by atoms with E-state index in [4.69, 9.17) is 33.2 Å². The molecule has 0 saturated carbocycles. The molecule has 0 aliphatic carbocycles. The quantitative estimate of drug-likeness (QED) is 0.314. The van der Waals surface area contributed by atoms with Crippen molar-refractivity contribution in [1.29, 1.82) is 0 Å². The predicted molar refractivity (Wildman–Crippen MR) is 185 cm³/mol. The molecule has 0 amide bonds. The molecule has 3 aliphatic rings. The van der Waals surface area contributed by atoms with Crippen LogP contribution in [0.25, 0.3) is 0 Å². The summed E-state index contributed by atoms with van der Waals surface area (Å²) in [6.07, 6.45) is -4.24. The summed E-state index contributed by atoms with van der Waals surface area (Å²) in [4.78, 5) is 16.2. The van der Waals surface area contributed by atoms with Crippen molar-refractivity contribution >= 4 is 5.97 Å². The number of rotatable bonds is 8.